The fourth-order valence-electron chi connectivity index (χ4n) is 8.01. The second kappa shape index (κ2) is 13.0. The molecule has 53 heavy (non-hydrogen) atoms. The van der Waals surface area contributed by atoms with E-state index in [1.165, 1.54) is 76.5 Å². The van der Waals surface area contributed by atoms with Gasteiger partial charge in [-0.3, -0.25) is 0 Å². The fraction of sp³-hybridized carbons (Fsp3) is 0. The Labute approximate surface area is 309 Å². The highest BCUT2D eigenvalue weighted by molar-refractivity contribution is 6.12. The molecule has 0 aliphatic rings. The van der Waals surface area contributed by atoms with Gasteiger partial charge in [0, 0.05) is 17.1 Å². The highest BCUT2D eigenvalue weighted by Crippen LogP contribution is 2.41. The molecule has 0 radical (unpaired) electrons. The number of hydrogen-bond acceptors (Lipinski definition) is 1. The van der Waals surface area contributed by atoms with Gasteiger partial charge in [-0.15, -0.1) is 0 Å². The SMILES string of the molecule is c1cc(-c2ccc(N(c3cccc(-c4cccc5c4ccc4ccccc45)c3)c3ccc4ccccc4c3)cc2)cc(-c2cccc3ccccc23)c1. The van der Waals surface area contributed by atoms with E-state index in [1.54, 1.807) is 0 Å². The van der Waals surface area contributed by atoms with Crippen LogP contribution in [0, 0.1) is 0 Å². The Balaban J connectivity index is 1.07. The zero-order chi connectivity index (χ0) is 35.1. The molecule has 0 amide bonds. The van der Waals surface area contributed by atoms with Crippen LogP contribution in [-0.4, -0.2) is 0 Å². The maximum atomic E-state index is 2.38. The lowest BCUT2D eigenvalue weighted by molar-refractivity contribution is 1.29. The number of nitrogens with zero attached hydrogens (tertiary/aromatic N) is 1. The van der Waals surface area contributed by atoms with Crippen molar-refractivity contribution in [3.05, 3.63) is 212 Å². The van der Waals surface area contributed by atoms with Crippen molar-refractivity contribution in [3.8, 4) is 33.4 Å². The molecule has 248 valence electrons. The van der Waals surface area contributed by atoms with Crippen molar-refractivity contribution in [2.45, 2.75) is 0 Å². The Morgan fingerprint density at radius 3 is 1.58 bits per heavy atom. The van der Waals surface area contributed by atoms with Gasteiger partial charge in [-0.05, 0) is 119 Å². The van der Waals surface area contributed by atoms with Gasteiger partial charge in [0.15, 0.2) is 0 Å². The summed E-state index contributed by atoms with van der Waals surface area (Å²) < 4.78 is 0. The summed E-state index contributed by atoms with van der Waals surface area (Å²) in [6, 6.07) is 77.3. The van der Waals surface area contributed by atoms with Crippen LogP contribution in [-0.2, 0) is 0 Å². The van der Waals surface area contributed by atoms with Gasteiger partial charge < -0.3 is 4.90 Å². The minimum atomic E-state index is 1.11. The third kappa shape index (κ3) is 5.60. The fourth-order valence-corrected chi connectivity index (χ4v) is 8.01. The van der Waals surface area contributed by atoms with Crippen LogP contribution >= 0.6 is 0 Å². The Hall–Kier alpha value is -6.96. The molecule has 0 unspecified atom stereocenters. The van der Waals surface area contributed by atoms with Gasteiger partial charge in [0.05, 0.1) is 0 Å². The van der Waals surface area contributed by atoms with Crippen molar-refractivity contribution < 1.29 is 0 Å². The van der Waals surface area contributed by atoms with Gasteiger partial charge in [-0.25, -0.2) is 0 Å². The number of hydrogen-bond donors (Lipinski definition) is 0. The van der Waals surface area contributed by atoms with Gasteiger partial charge in [-0.2, -0.15) is 0 Å². The second-order valence-electron chi connectivity index (χ2n) is 13.8. The number of benzene rings is 10. The van der Waals surface area contributed by atoms with Crippen LogP contribution in [0.1, 0.15) is 0 Å². The van der Waals surface area contributed by atoms with Gasteiger partial charge in [-0.1, -0.05) is 170 Å². The maximum absolute atomic E-state index is 2.38. The van der Waals surface area contributed by atoms with E-state index >= 15 is 0 Å². The predicted molar refractivity (Wildman–Crippen MR) is 227 cm³/mol. The monoisotopic (exact) mass is 673 g/mol. The van der Waals surface area contributed by atoms with E-state index in [4.69, 9.17) is 0 Å². The van der Waals surface area contributed by atoms with Crippen molar-refractivity contribution in [3.63, 3.8) is 0 Å². The van der Waals surface area contributed by atoms with Gasteiger partial charge >= 0.3 is 0 Å². The third-order valence-corrected chi connectivity index (χ3v) is 10.6. The normalized spacial score (nSPS) is 11.4. The standard InChI is InChI=1S/C52H35N/c1-2-14-41-34-46(31-27-36(41)11-1)53(45-19-8-18-43(35-45)50-23-10-24-51-48-21-6-4-13-39(48)28-32-52(50)51)44-29-25-37(26-30-44)40-16-7-17-42(33-40)49-22-9-15-38-12-3-5-20-47(38)49/h1-35H. The summed E-state index contributed by atoms with van der Waals surface area (Å²) in [4.78, 5) is 2.38. The highest BCUT2D eigenvalue weighted by Gasteiger charge is 2.16. The third-order valence-electron chi connectivity index (χ3n) is 10.6. The molecule has 0 atom stereocenters. The van der Waals surface area contributed by atoms with Crippen LogP contribution in [0.3, 0.4) is 0 Å². The van der Waals surface area contributed by atoms with Crippen molar-refractivity contribution in [2.75, 3.05) is 4.90 Å². The van der Waals surface area contributed by atoms with Crippen LogP contribution < -0.4 is 4.90 Å². The first-order chi connectivity index (χ1) is 26.3. The molecular formula is C52H35N. The molecule has 0 heterocycles. The van der Waals surface area contributed by atoms with E-state index in [0.29, 0.717) is 0 Å². The molecule has 10 rings (SSSR count). The lowest BCUT2D eigenvalue weighted by Gasteiger charge is -2.27. The molecule has 1 heteroatoms. The molecule has 0 spiro atoms. The van der Waals surface area contributed by atoms with Crippen molar-refractivity contribution in [1.82, 2.24) is 0 Å². The predicted octanol–water partition coefficient (Wildman–Crippen LogP) is 14.8. The lowest BCUT2D eigenvalue weighted by atomic mass is 9.94. The van der Waals surface area contributed by atoms with Crippen LogP contribution in [0.15, 0.2) is 212 Å². The first kappa shape index (κ1) is 30.8. The molecule has 10 aromatic carbocycles. The minimum Gasteiger partial charge on any atom is -0.310 e. The van der Waals surface area contributed by atoms with E-state index in [9.17, 15) is 0 Å². The van der Waals surface area contributed by atoms with Gasteiger partial charge in [0.1, 0.15) is 0 Å². The Kier molecular flexibility index (Phi) is 7.55. The topological polar surface area (TPSA) is 3.24 Å². The summed E-state index contributed by atoms with van der Waals surface area (Å²) in [5.41, 5.74) is 10.6. The molecule has 0 bridgehead atoms. The smallest absolute Gasteiger partial charge is 0.0468 e. The quantitative estimate of drug-likeness (QED) is 0.159. The average Bonchev–Trinajstić information content (AvgIpc) is 3.23. The van der Waals surface area contributed by atoms with Crippen LogP contribution in [0.4, 0.5) is 17.1 Å². The molecule has 0 aromatic heterocycles. The summed E-state index contributed by atoms with van der Waals surface area (Å²) in [5, 5.41) is 10.1. The molecule has 10 aromatic rings. The second-order valence-corrected chi connectivity index (χ2v) is 13.8. The maximum Gasteiger partial charge on any atom is 0.0468 e. The first-order valence-corrected chi connectivity index (χ1v) is 18.3. The van der Waals surface area contributed by atoms with E-state index in [0.717, 1.165) is 17.1 Å². The van der Waals surface area contributed by atoms with Gasteiger partial charge in [0.25, 0.3) is 0 Å². The average molecular weight is 674 g/mol. The molecule has 0 aliphatic heterocycles. The van der Waals surface area contributed by atoms with Crippen LogP contribution in [0.5, 0.6) is 0 Å². The molecule has 1 nitrogen and oxygen atoms in total. The molecule has 0 saturated carbocycles. The molecule has 0 N–H and O–H groups in total. The van der Waals surface area contributed by atoms with Crippen LogP contribution in [0.25, 0.3) is 76.5 Å². The van der Waals surface area contributed by atoms with Crippen molar-refractivity contribution in [1.29, 1.82) is 0 Å². The molecule has 0 aliphatic carbocycles. The summed E-state index contributed by atoms with van der Waals surface area (Å²) >= 11 is 0. The summed E-state index contributed by atoms with van der Waals surface area (Å²) in [6.07, 6.45) is 0. The largest absolute Gasteiger partial charge is 0.310 e. The lowest BCUT2D eigenvalue weighted by Crippen LogP contribution is -2.10. The Morgan fingerprint density at radius 1 is 0.226 bits per heavy atom. The number of fused-ring (bicyclic) bond motifs is 5. The van der Waals surface area contributed by atoms with Crippen molar-refractivity contribution in [2.24, 2.45) is 0 Å². The van der Waals surface area contributed by atoms with E-state index < -0.39 is 0 Å². The Bertz CT molecular complexity index is 2950. The highest BCUT2D eigenvalue weighted by atomic mass is 15.1. The zero-order valence-electron chi connectivity index (χ0n) is 29.2. The summed E-state index contributed by atoms with van der Waals surface area (Å²) in [7, 11) is 0. The minimum absolute atomic E-state index is 1.11. The Morgan fingerprint density at radius 2 is 0.755 bits per heavy atom. The zero-order valence-corrected chi connectivity index (χ0v) is 29.2. The van der Waals surface area contributed by atoms with E-state index in [1.807, 2.05) is 0 Å². The molecular weight excluding hydrogens is 639 g/mol. The molecule has 0 saturated heterocycles. The van der Waals surface area contributed by atoms with Gasteiger partial charge in [0.2, 0.25) is 0 Å². The summed E-state index contributed by atoms with van der Waals surface area (Å²) in [6.45, 7) is 0. The van der Waals surface area contributed by atoms with Crippen molar-refractivity contribution >= 4 is 60.2 Å². The number of anilines is 3. The number of rotatable bonds is 6. The first-order valence-electron chi connectivity index (χ1n) is 18.3. The molecule has 0 fully saturated rings. The van der Waals surface area contributed by atoms with E-state index in [-0.39, 0.29) is 0 Å². The summed E-state index contributed by atoms with van der Waals surface area (Å²) in [5.74, 6) is 0. The van der Waals surface area contributed by atoms with Crippen LogP contribution in [0.2, 0.25) is 0 Å². The van der Waals surface area contributed by atoms with E-state index in [2.05, 4.69) is 217 Å².